The predicted octanol–water partition coefficient (Wildman–Crippen LogP) is 3.21. The lowest BCUT2D eigenvalue weighted by Gasteiger charge is -2.07. The predicted molar refractivity (Wildman–Crippen MR) is 77.4 cm³/mol. The molecule has 0 radical (unpaired) electrons. The van der Waals surface area contributed by atoms with Crippen molar-refractivity contribution in [1.82, 2.24) is 4.98 Å². The van der Waals surface area contributed by atoms with Crippen molar-refractivity contribution in [3.05, 3.63) is 58.7 Å². The number of halogens is 1. The Balaban J connectivity index is 1.80. The molecule has 0 aliphatic rings. The zero-order valence-corrected chi connectivity index (χ0v) is 11.4. The van der Waals surface area contributed by atoms with E-state index < -0.39 is 0 Å². The number of nitrogens with zero attached hydrogens (tertiary/aromatic N) is 1. The Bertz CT molecular complexity index is 517. The lowest BCUT2D eigenvalue weighted by atomic mass is 10.1. The number of aryl methyl sites for hydroxylation is 1. The van der Waals surface area contributed by atoms with Gasteiger partial charge >= 0.3 is 0 Å². The number of nitrogens with two attached hydrogens (primary N) is 1. The number of ether oxygens (including phenoxy) is 1. The summed E-state index contributed by atoms with van der Waals surface area (Å²) in [6.45, 7) is 1.02. The van der Waals surface area contributed by atoms with Crippen LogP contribution in [-0.4, -0.2) is 11.6 Å². The molecule has 19 heavy (non-hydrogen) atoms. The molecule has 1 aromatic carbocycles. The second kappa shape index (κ2) is 7.12. The fourth-order valence-electron chi connectivity index (χ4n) is 1.79. The van der Waals surface area contributed by atoms with Crippen molar-refractivity contribution in [2.24, 2.45) is 5.73 Å². The Morgan fingerprint density at radius 1 is 1.21 bits per heavy atom. The first-order valence-electron chi connectivity index (χ1n) is 6.31. The quantitative estimate of drug-likeness (QED) is 0.824. The maximum Gasteiger partial charge on any atom is 0.213 e. The van der Waals surface area contributed by atoms with Crippen LogP contribution in [0.5, 0.6) is 5.88 Å². The van der Waals surface area contributed by atoms with E-state index in [9.17, 15) is 0 Å². The minimum absolute atomic E-state index is 0.391. The van der Waals surface area contributed by atoms with Gasteiger partial charge in [-0.15, -0.1) is 0 Å². The molecule has 0 aliphatic heterocycles. The normalized spacial score (nSPS) is 10.4. The van der Waals surface area contributed by atoms with Crippen molar-refractivity contribution in [3.63, 3.8) is 0 Å². The number of benzene rings is 1. The minimum atomic E-state index is 0.391. The summed E-state index contributed by atoms with van der Waals surface area (Å²) >= 11 is 5.94. The van der Waals surface area contributed by atoms with E-state index in [1.54, 1.807) is 12.3 Å². The number of hydrogen-bond donors (Lipinski definition) is 1. The summed E-state index contributed by atoms with van der Waals surface area (Å²) in [6.07, 6.45) is 3.53. The van der Waals surface area contributed by atoms with Gasteiger partial charge in [0.15, 0.2) is 0 Å². The van der Waals surface area contributed by atoms with Gasteiger partial charge in [-0.05, 0) is 24.0 Å². The van der Waals surface area contributed by atoms with Crippen LogP contribution in [0, 0.1) is 0 Å². The van der Waals surface area contributed by atoms with E-state index in [2.05, 4.69) is 17.1 Å². The molecular weight excluding hydrogens is 260 g/mol. The van der Waals surface area contributed by atoms with Crippen LogP contribution >= 0.6 is 11.6 Å². The average molecular weight is 277 g/mol. The monoisotopic (exact) mass is 276 g/mol. The van der Waals surface area contributed by atoms with E-state index in [4.69, 9.17) is 22.1 Å². The number of rotatable bonds is 6. The van der Waals surface area contributed by atoms with Crippen molar-refractivity contribution in [2.75, 3.05) is 6.61 Å². The maximum atomic E-state index is 5.94. The molecule has 0 saturated carbocycles. The maximum absolute atomic E-state index is 5.94. The molecule has 1 heterocycles. The highest BCUT2D eigenvalue weighted by Crippen LogP contribution is 2.18. The average Bonchev–Trinajstić information content (AvgIpc) is 2.46. The molecule has 1 aromatic heterocycles. The Morgan fingerprint density at radius 2 is 2.00 bits per heavy atom. The van der Waals surface area contributed by atoms with Crippen molar-refractivity contribution < 1.29 is 4.74 Å². The van der Waals surface area contributed by atoms with Crippen LogP contribution in [-0.2, 0) is 13.0 Å². The molecule has 0 atom stereocenters. The minimum Gasteiger partial charge on any atom is -0.478 e. The van der Waals surface area contributed by atoms with Gasteiger partial charge in [0.25, 0.3) is 0 Å². The van der Waals surface area contributed by atoms with Gasteiger partial charge in [-0.25, -0.2) is 4.98 Å². The third-order valence-corrected chi connectivity index (χ3v) is 3.17. The molecule has 100 valence electrons. The lowest BCUT2D eigenvalue weighted by molar-refractivity contribution is 0.299. The molecule has 2 aromatic rings. The zero-order valence-electron chi connectivity index (χ0n) is 10.7. The van der Waals surface area contributed by atoms with Crippen molar-refractivity contribution in [1.29, 1.82) is 0 Å². The first-order chi connectivity index (χ1) is 9.29. The van der Waals surface area contributed by atoms with Crippen LogP contribution in [0.2, 0.25) is 5.02 Å². The Kier molecular flexibility index (Phi) is 5.19. The first-order valence-corrected chi connectivity index (χ1v) is 6.68. The van der Waals surface area contributed by atoms with E-state index in [-0.39, 0.29) is 0 Å². The van der Waals surface area contributed by atoms with Gasteiger partial charge in [0.1, 0.15) is 0 Å². The van der Waals surface area contributed by atoms with Crippen molar-refractivity contribution in [3.8, 4) is 5.88 Å². The number of aromatic nitrogens is 1. The molecule has 3 nitrogen and oxygen atoms in total. The first kappa shape index (κ1) is 13.8. The third kappa shape index (κ3) is 4.23. The van der Waals surface area contributed by atoms with E-state index in [1.807, 2.05) is 18.2 Å². The second-order valence-corrected chi connectivity index (χ2v) is 4.66. The third-order valence-electron chi connectivity index (χ3n) is 2.83. The van der Waals surface area contributed by atoms with Gasteiger partial charge < -0.3 is 10.5 Å². The van der Waals surface area contributed by atoms with Crippen LogP contribution in [0.25, 0.3) is 0 Å². The fraction of sp³-hybridized carbons (Fsp3) is 0.267. The molecule has 2 N–H and O–H groups in total. The van der Waals surface area contributed by atoms with Gasteiger partial charge in [0.05, 0.1) is 11.6 Å². The zero-order chi connectivity index (χ0) is 13.5. The van der Waals surface area contributed by atoms with Gasteiger partial charge in [-0.2, -0.15) is 0 Å². The van der Waals surface area contributed by atoms with E-state index in [0.717, 1.165) is 18.4 Å². The summed E-state index contributed by atoms with van der Waals surface area (Å²) in [5, 5.41) is 0.583. The summed E-state index contributed by atoms with van der Waals surface area (Å²) in [5.41, 5.74) is 7.76. The van der Waals surface area contributed by atoms with Crippen LogP contribution in [0.3, 0.4) is 0 Å². The van der Waals surface area contributed by atoms with E-state index in [0.29, 0.717) is 24.1 Å². The highest BCUT2D eigenvalue weighted by molar-refractivity contribution is 6.31. The standard InChI is InChI=1S/C15H17ClN2O/c16-14-11-18-15(9-13(14)10-17)19-8-4-7-12-5-2-1-3-6-12/h1-3,5-6,9,11H,4,7-8,10,17H2. The highest BCUT2D eigenvalue weighted by Gasteiger charge is 2.02. The SMILES string of the molecule is NCc1cc(OCCCc2ccccc2)ncc1Cl. The van der Waals surface area contributed by atoms with Crippen LogP contribution in [0.4, 0.5) is 0 Å². The van der Waals surface area contributed by atoms with Crippen LogP contribution < -0.4 is 10.5 Å². The highest BCUT2D eigenvalue weighted by atomic mass is 35.5. The van der Waals surface area contributed by atoms with Crippen LogP contribution in [0.15, 0.2) is 42.6 Å². The van der Waals surface area contributed by atoms with Crippen molar-refractivity contribution >= 4 is 11.6 Å². The molecule has 0 saturated heterocycles. The van der Waals surface area contributed by atoms with Gasteiger partial charge in [0.2, 0.25) is 5.88 Å². The summed E-state index contributed by atoms with van der Waals surface area (Å²) in [6, 6.07) is 12.1. The Morgan fingerprint density at radius 3 is 2.74 bits per heavy atom. The summed E-state index contributed by atoms with van der Waals surface area (Å²) in [4.78, 5) is 4.12. The smallest absolute Gasteiger partial charge is 0.213 e. The number of pyridine rings is 1. The summed E-state index contributed by atoms with van der Waals surface area (Å²) in [7, 11) is 0. The molecule has 0 unspecified atom stereocenters. The fourth-order valence-corrected chi connectivity index (χ4v) is 1.97. The molecule has 0 amide bonds. The topological polar surface area (TPSA) is 48.1 Å². The molecule has 0 fully saturated rings. The van der Waals surface area contributed by atoms with Crippen molar-refractivity contribution in [2.45, 2.75) is 19.4 Å². The second-order valence-electron chi connectivity index (χ2n) is 4.26. The Labute approximate surface area is 118 Å². The largest absolute Gasteiger partial charge is 0.478 e. The lowest BCUT2D eigenvalue weighted by Crippen LogP contribution is -2.03. The van der Waals surface area contributed by atoms with E-state index >= 15 is 0 Å². The Hall–Kier alpha value is -1.58. The van der Waals surface area contributed by atoms with Gasteiger partial charge in [-0.3, -0.25) is 0 Å². The van der Waals surface area contributed by atoms with Gasteiger partial charge in [-0.1, -0.05) is 41.9 Å². The molecular formula is C15H17ClN2O. The summed E-state index contributed by atoms with van der Waals surface area (Å²) < 4.78 is 5.60. The molecule has 2 rings (SSSR count). The molecule has 0 bridgehead atoms. The van der Waals surface area contributed by atoms with Gasteiger partial charge in [0, 0.05) is 18.8 Å². The molecule has 4 heteroatoms. The molecule has 0 spiro atoms. The summed E-state index contributed by atoms with van der Waals surface area (Å²) in [5.74, 6) is 0.581. The molecule has 0 aliphatic carbocycles. The van der Waals surface area contributed by atoms with Crippen LogP contribution in [0.1, 0.15) is 17.5 Å². The van der Waals surface area contributed by atoms with E-state index in [1.165, 1.54) is 5.56 Å². The number of hydrogen-bond acceptors (Lipinski definition) is 3.